The van der Waals surface area contributed by atoms with Crippen molar-refractivity contribution < 1.29 is 8.42 Å². The van der Waals surface area contributed by atoms with E-state index in [1.165, 1.54) is 12.1 Å². The van der Waals surface area contributed by atoms with Crippen molar-refractivity contribution in [2.24, 2.45) is 11.3 Å². The van der Waals surface area contributed by atoms with Crippen LogP contribution in [0.25, 0.3) is 0 Å². The lowest BCUT2D eigenvalue weighted by Gasteiger charge is -2.48. The van der Waals surface area contributed by atoms with Crippen molar-refractivity contribution >= 4 is 21.2 Å². The number of nitrogens with one attached hydrogen (secondary N) is 1. The zero-order valence-corrected chi connectivity index (χ0v) is 16.1. The third kappa shape index (κ3) is 3.38. The number of benzene rings is 1. The Morgan fingerprint density at radius 3 is 2.36 bits per heavy atom. The number of anilines is 2. The maximum atomic E-state index is 11.6. The zero-order valence-electron chi connectivity index (χ0n) is 15.2. The minimum absolute atomic E-state index is 0.268. The van der Waals surface area contributed by atoms with Crippen LogP contribution in [0, 0.1) is 11.3 Å². The molecule has 0 spiro atoms. The molecule has 0 amide bonds. The van der Waals surface area contributed by atoms with Gasteiger partial charge in [-0.3, -0.25) is 0 Å². The van der Waals surface area contributed by atoms with E-state index < -0.39 is 9.84 Å². The molecule has 25 heavy (non-hydrogen) atoms. The molecule has 5 rings (SSSR count). The lowest BCUT2D eigenvalue weighted by atomic mass is 9.73. The highest BCUT2D eigenvalue weighted by atomic mass is 32.2. The maximum absolute atomic E-state index is 11.6. The standard InChI is InChI=1S/C19H29N3O2S/c1-19(2)11-15-12-20-13-18(19)22(14-15)17-5-3-16(4-6-17)21-7-9-25(23,24)10-8-21/h3-6,15,18,20H,7-14H2,1-2H3/t15-,18?/m1/s1. The summed E-state index contributed by atoms with van der Waals surface area (Å²) in [5.74, 6) is 1.25. The minimum Gasteiger partial charge on any atom is -0.369 e. The van der Waals surface area contributed by atoms with Crippen LogP contribution >= 0.6 is 0 Å². The fraction of sp³-hybridized carbons (Fsp3) is 0.684. The van der Waals surface area contributed by atoms with Gasteiger partial charge in [0.15, 0.2) is 9.84 Å². The van der Waals surface area contributed by atoms with Gasteiger partial charge in [-0.2, -0.15) is 0 Å². The molecule has 4 aliphatic heterocycles. The van der Waals surface area contributed by atoms with Gasteiger partial charge in [-0.05, 0) is 48.6 Å². The second-order valence-corrected chi connectivity index (χ2v) is 10.8. The molecule has 0 saturated carbocycles. The number of fused-ring (bicyclic) bond motifs is 4. The molecule has 1 aromatic rings. The molecule has 4 fully saturated rings. The second-order valence-electron chi connectivity index (χ2n) is 8.54. The summed E-state index contributed by atoms with van der Waals surface area (Å²) in [6.07, 6.45) is 1.29. The molecule has 1 N–H and O–H groups in total. The van der Waals surface area contributed by atoms with Gasteiger partial charge in [0, 0.05) is 43.6 Å². The topological polar surface area (TPSA) is 52.6 Å². The maximum Gasteiger partial charge on any atom is 0.153 e. The van der Waals surface area contributed by atoms with Crippen molar-refractivity contribution in [3.05, 3.63) is 24.3 Å². The Labute approximate surface area is 151 Å². The van der Waals surface area contributed by atoms with Crippen LogP contribution in [0.5, 0.6) is 0 Å². The molecule has 4 saturated heterocycles. The first-order valence-corrected chi connectivity index (χ1v) is 11.2. The highest BCUT2D eigenvalue weighted by Crippen LogP contribution is 2.41. The molecular weight excluding hydrogens is 334 g/mol. The van der Waals surface area contributed by atoms with E-state index in [-0.39, 0.29) is 11.5 Å². The number of nitrogens with zero attached hydrogens (tertiary/aromatic N) is 2. The molecular formula is C19H29N3O2S. The van der Waals surface area contributed by atoms with Crippen LogP contribution in [-0.4, -0.2) is 58.7 Å². The molecule has 4 aliphatic rings. The largest absolute Gasteiger partial charge is 0.369 e. The van der Waals surface area contributed by atoms with E-state index in [2.05, 4.69) is 53.2 Å². The van der Waals surface area contributed by atoms with Gasteiger partial charge in [0.25, 0.3) is 0 Å². The Morgan fingerprint density at radius 2 is 1.68 bits per heavy atom. The first kappa shape index (κ1) is 17.2. The van der Waals surface area contributed by atoms with E-state index in [0.717, 1.165) is 25.3 Å². The summed E-state index contributed by atoms with van der Waals surface area (Å²) >= 11 is 0. The Bertz CT molecular complexity index is 716. The van der Waals surface area contributed by atoms with Crippen LogP contribution in [0.15, 0.2) is 24.3 Å². The third-order valence-corrected chi connectivity index (χ3v) is 7.82. The van der Waals surface area contributed by atoms with E-state index in [0.29, 0.717) is 30.5 Å². The highest BCUT2D eigenvalue weighted by Gasteiger charge is 2.43. The molecule has 138 valence electrons. The van der Waals surface area contributed by atoms with Crippen LogP contribution in [0.3, 0.4) is 0 Å². The van der Waals surface area contributed by atoms with Crippen molar-refractivity contribution in [1.29, 1.82) is 0 Å². The van der Waals surface area contributed by atoms with Crippen molar-refractivity contribution in [3.8, 4) is 0 Å². The molecule has 0 radical (unpaired) electrons. The molecule has 0 aliphatic carbocycles. The monoisotopic (exact) mass is 363 g/mol. The molecule has 6 heteroatoms. The van der Waals surface area contributed by atoms with Crippen molar-refractivity contribution in [3.63, 3.8) is 0 Å². The second kappa shape index (κ2) is 6.16. The summed E-state index contributed by atoms with van der Waals surface area (Å²) in [4.78, 5) is 4.77. The lowest BCUT2D eigenvalue weighted by Crippen LogP contribution is -2.53. The van der Waals surface area contributed by atoms with Crippen LogP contribution in [-0.2, 0) is 9.84 Å². The average Bonchev–Trinajstić information content (AvgIpc) is 2.85. The van der Waals surface area contributed by atoms with Gasteiger partial charge in [0.2, 0.25) is 0 Å². The van der Waals surface area contributed by atoms with Crippen molar-refractivity contribution in [2.75, 3.05) is 54.0 Å². The van der Waals surface area contributed by atoms with Gasteiger partial charge in [-0.25, -0.2) is 8.42 Å². The Hall–Kier alpha value is -1.27. The number of sulfone groups is 1. The van der Waals surface area contributed by atoms with Gasteiger partial charge in [-0.1, -0.05) is 13.8 Å². The SMILES string of the molecule is CC1(C)C[C@@H]2CNCC1N(c1ccc(N3CCS(=O)(=O)CC3)cc1)C2. The quantitative estimate of drug-likeness (QED) is 0.868. The van der Waals surface area contributed by atoms with Crippen LogP contribution < -0.4 is 15.1 Å². The van der Waals surface area contributed by atoms with Crippen LogP contribution in [0.2, 0.25) is 0 Å². The molecule has 2 atom stereocenters. The fourth-order valence-electron chi connectivity index (χ4n) is 4.83. The molecule has 4 heterocycles. The Balaban J connectivity index is 1.52. The van der Waals surface area contributed by atoms with Crippen LogP contribution in [0.1, 0.15) is 20.3 Å². The predicted octanol–water partition coefficient (Wildman–Crippen LogP) is 1.75. The minimum atomic E-state index is -2.83. The molecule has 5 nitrogen and oxygen atoms in total. The first-order valence-electron chi connectivity index (χ1n) is 9.37. The van der Waals surface area contributed by atoms with Gasteiger partial charge in [0.1, 0.15) is 0 Å². The van der Waals surface area contributed by atoms with E-state index in [1.807, 2.05) is 0 Å². The summed E-state index contributed by atoms with van der Waals surface area (Å²) in [6.45, 7) is 9.30. The van der Waals surface area contributed by atoms with Crippen LogP contribution in [0.4, 0.5) is 11.4 Å². The first-order chi connectivity index (χ1) is 11.8. The molecule has 2 bridgehead atoms. The van der Waals surface area contributed by atoms with Gasteiger partial charge in [0.05, 0.1) is 11.5 Å². The van der Waals surface area contributed by atoms with Gasteiger partial charge < -0.3 is 15.1 Å². The van der Waals surface area contributed by atoms with E-state index in [9.17, 15) is 8.42 Å². The summed E-state index contributed by atoms with van der Waals surface area (Å²) in [7, 11) is -2.83. The Morgan fingerprint density at radius 1 is 1.04 bits per heavy atom. The normalized spacial score (nSPS) is 31.0. The summed E-state index contributed by atoms with van der Waals surface area (Å²) < 4.78 is 23.2. The highest BCUT2D eigenvalue weighted by molar-refractivity contribution is 7.91. The number of hydrogen-bond donors (Lipinski definition) is 1. The van der Waals surface area contributed by atoms with Gasteiger partial charge >= 0.3 is 0 Å². The molecule has 1 unspecified atom stereocenters. The predicted molar refractivity (Wildman–Crippen MR) is 103 cm³/mol. The summed E-state index contributed by atoms with van der Waals surface area (Å²) in [5.41, 5.74) is 2.75. The average molecular weight is 364 g/mol. The smallest absolute Gasteiger partial charge is 0.153 e. The number of piperidine rings is 1. The van der Waals surface area contributed by atoms with E-state index in [4.69, 9.17) is 0 Å². The number of hydrogen-bond acceptors (Lipinski definition) is 5. The van der Waals surface area contributed by atoms with E-state index >= 15 is 0 Å². The molecule has 1 aromatic carbocycles. The summed E-state index contributed by atoms with van der Waals surface area (Å²) in [6, 6.07) is 9.28. The van der Waals surface area contributed by atoms with E-state index in [1.54, 1.807) is 0 Å². The van der Waals surface area contributed by atoms with Crippen molar-refractivity contribution in [1.82, 2.24) is 5.32 Å². The van der Waals surface area contributed by atoms with Crippen molar-refractivity contribution in [2.45, 2.75) is 26.3 Å². The van der Waals surface area contributed by atoms with Gasteiger partial charge in [-0.15, -0.1) is 0 Å². The zero-order chi connectivity index (χ0) is 17.7. The molecule has 0 aromatic heterocycles. The lowest BCUT2D eigenvalue weighted by molar-refractivity contribution is 0.192. The fourth-order valence-corrected chi connectivity index (χ4v) is 6.03. The summed E-state index contributed by atoms with van der Waals surface area (Å²) in [5, 5.41) is 3.63. The third-order valence-electron chi connectivity index (χ3n) is 6.21. The number of rotatable bonds is 2. The Kier molecular flexibility index (Phi) is 4.23.